The van der Waals surface area contributed by atoms with Crippen molar-refractivity contribution in [3.05, 3.63) is 30.3 Å². The normalized spacial score (nSPS) is 9.62. The Kier molecular flexibility index (Phi) is 4.03. The fourth-order valence-electron chi connectivity index (χ4n) is 1.08. The minimum absolute atomic E-state index is 0.309. The first-order valence-electron chi connectivity index (χ1n) is 4.63. The lowest BCUT2D eigenvalue weighted by Crippen LogP contribution is -2.07. The van der Waals surface area contributed by atoms with Crippen LogP contribution in [0.3, 0.4) is 0 Å². The molecule has 1 rings (SSSR count). The number of nitrogens with one attached hydrogen (secondary N) is 1. The Morgan fingerprint density at radius 3 is 2.62 bits per heavy atom. The average Bonchev–Trinajstić information content (AvgIpc) is 2.19. The molecule has 0 atom stereocenters. The fourth-order valence-corrected chi connectivity index (χ4v) is 1.08. The van der Waals surface area contributed by atoms with Crippen LogP contribution in [0.1, 0.15) is 19.8 Å². The predicted molar refractivity (Wildman–Crippen MR) is 54.8 cm³/mol. The second-order valence-corrected chi connectivity index (χ2v) is 2.94. The van der Waals surface area contributed by atoms with Gasteiger partial charge in [-0.2, -0.15) is 0 Å². The van der Waals surface area contributed by atoms with Gasteiger partial charge in [-0.15, -0.1) is 0 Å². The van der Waals surface area contributed by atoms with E-state index < -0.39 is 0 Å². The number of ketones is 1. The molecule has 0 amide bonds. The number of carbonyl (C=O) groups excluding carboxylic acids is 1. The van der Waals surface area contributed by atoms with Crippen molar-refractivity contribution in [1.29, 1.82) is 0 Å². The Morgan fingerprint density at radius 1 is 1.31 bits per heavy atom. The van der Waals surface area contributed by atoms with Gasteiger partial charge in [0.05, 0.1) is 0 Å². The van der Waals surface area contributed by atoms with Gasteiger partial charge in [0.15, 0.2) is 0 Å². The van der Waals surface area contributed by atoms with Crippen LogP contribution >= 0.6 is 0 Å². The number of hydrogen-bond donors (Lipinski definition) is 1. The summed E-state index contributed by atoms with van der Waals surface area (Å²) < 4.78 is 0. The Labute approximate surface area is 79.0 Å². The van der Waals surface area contributed by atoms with Crippen LogP contribution in [-0.4, -0.2) is 12.3 Å². The molecule has 0 aliphatic rings. The average molecular weight is 177 g/mol. The molecular formula is C11H15NO. The zero-order valence-corrected chi connectivity index (χ0v) is 7.92. The largest absolute Gasteiger partial charge is 0.385 e. The lowest BCUT2D eigenvalue weighted by Gasteiger charge is -2.03. The molecule has 1 aromatic rings. The van der Waals surface area contributed by atoms with Crippen LogP contribution in [0.5, 0.6) is 0 Å². The number of Topliss-reactive ketones (excluding diaryl/α,β-unsaturated/α-hetero) is 1. The van der Waals surface area contributed by atoms with Crippen LogP contribution in [0.2, 0.25) is 0 Å². The quantitative estimate of drug-likeness (QED) is 0.748. The summed E-state index contributed by atoms with van der Waals surface area (Å²) in [5, 5.41) is 3.19. The van der Waals surface area contributed by atoms with E-state index in [9.17, 15) is 4.79 Å². The van der Waals surface area contributed by atoms with E-state index in [0.717, 1.165) is 12.2 Å². The highest BCUT2D eigenvalue weighted by Crippen LogP contribution is 2.04. The van der Waals surface area contributed by atoms with Crippen LogP contribution in [0.15, 0.2) is 30.3 Å². The monoisotopic (exact) mass is 177 g/mol. The Bertz CT molecular complexity index is 256. The molecule has 0 saturated carbocycles. The van der Waals surface area contributed by atoms with Crippen molar-refractivity contribution in [2.45, 2.75) is 19.8 Å². The maximum Gasteiger partial charge on any atom is 0.134 e. The molecule has 1 N–H and O–H groups in total. The summed E-state index contributed by atoms with van der Waals surface area (Å²) in [6, 6.07) is 9.92. The first-order chi connectivity index (χ1) is 6.33. The molecule has 0 aromatic heterocycles. The third kappa shape index (κ3) is 3.74. The molecule has 0 heterocycles. The van der Waals surface area contributed by atoms with Crippen molar-refractivity contribution in [2.24, 2.45) is 0 Å². The van der Waals surface area contributed by atoms with Gasteiger partial charge in [0.25, 0.3) is 0 Å². The van der Waals surface area contributed by atoms with Gasteiger partial charge < -0.3 is 5.32 Å². The molecule has 70 valence electrons. The lowest BCUT2D eigenvalue weighted by molar-refractivity contribution is -0.118. The van der Waals surface area contributed by atoms with Crippen molar-refractivity contribution < 1.29 is 4.79 Å². The van der Waals surface area contributed by atoms with Crippen LogP contribution in [-0.2, 0) is 4.79 Å². The molecule has 13 heavy (non-hydrogen) atoms. The van der Waals surface area contributed by atoms with Gasteiger partial charge in [0.1, 0.15) is 5.78 Å². The smallest absolute Gasteiger partial charge is 0.134 e. The van der Waals surface area contributed by atoms with Gasteiger partial charge in [-0.3, -0.25) is 4.79 Å². The molecule has 0 fully saturated rings. The molecule has 0 saturated heterocycles. The molecular weight excluding hydrogens is 162 g/mol. The van der Waals surface area contributed by atoms with Gasteiger partial charge in [0.2, 0.25) is 0 Å². The van der Waals surface area contributed by atoms with E-state index in [-0.39, 0.29) is 0 Å². The van der Waals surface area contributed by atoms with E-state index in [1.54, 1.807) is 0 Å². The van der Waals surface area contributed by atoms with E-state index in [0.29, 0.717) is 18.6 Å². The minimum atomic E-state index is 0.309. The van der Waals surface area contributed by atoms with E-state index >= 15 is 0 Å². The number of benzene rings is 1. The van der Waals surface area contributed by atoms with Gasteiger partial charge in [-0.1, -0.05) is 25.1 Å². The fraction of sp³-hybridized carbons (Fsp3) is 0.364. The number of carbonyl (C=O) groups is 1. The molecule has 0 aliphatic carbocycles. The Balaban J connectivity index is 2.24. The summed E-state index contributed by atoms with van der Waals surface area (Å²) in [5.41, 5.74) is 1.08. The molecule has 2 heteroatoms. The summed E-state index contributed by atoms with van der Waals surface area (Å²) in [6.07, 6.45) is 1.25. The van der Waals surface area contributed by atoms with E-state index in [4.69, 9.17) is 0 Å². The van der Waals surface area contributed by atoms with E-state index in [2.05, 4.69) is 5.32 Å². The van der Waals surface area contributed by atoms with E-state index in [1.165, 1.54) is 0 Å². The van der Waals surface area contributed by atoms with E-state index in [1.807, 2.05) is 37.3 Å². The van der Waals surface area contributed by atoms with Crippen molar-refractivity contribution in [3.8, 4) is 0 Å². The first kappa shape index (κ1) is 9.78. The summed E-state index contributed by atoms with van der Waals surface area (Å²) in [4.78, 5) is 11.0. The minimum Gasteiger partial charge on any atom is -0.385 e. The van der Waals surface area contributed by atoms with Crippen molar-refractivity contribution in [3.63, 3.8) is 0 Å². The molecule has 0 bridgehead atoms. The highest BCUT2D eigenvalue weighted by atomic mass is 16.1. The summed E-state index contributed by atoms with van der Waals surface area (Å²) in [7, 11) is 0. The molecule has 1 aromatic carbocycles. The highest BCUT2D eigenvalue weighted by molar-refractivity contribution is 5.78. The van der Waals surface area contributed by atoms with Crippen LogP contribution < -0.4 is 5.32 Å². The van der Waals surface area contributed by atoms with Crippen LogP contribution in [0.4, 0.5) is 5.69 Å². The lowest BCUT2D eigenvalue weighted by atomic mass is 10.2. The molecule has 0 aliphatic heterocycles. The van der Waals surface area contributed by atoms with Crippen molar-refractivity contribution in [2.75, 3.05) is 11.9 Å². The zero-order chi connectivity index (χ0) is 9.52. The molecule has 2 nitrogen and oxygen atoms in total. The maximum absolute atomic E-state index is 11.0. The first-order valence-corrected chi connectivity index (χ1v) is 4.63. The Hall–Kier alpha value is -1.31. The topological polar surface area (TPSA) is 29.1 Å². The van der Waals surface area contributed by atoms with Gasteiger partial charge in [-0.05, 0) is 12.1 Å². The SMILES string of the molecule is CCC(=O)CCNc1ccccc1. The van der Waals surface area contributed by atoms with Crippen molar-refractivity contribution in [1.82, 2.24) is 0 Å². The maximum atomic E-state index is 11.0. The summed E-state index contributed by atoms with van der Waals surface area (Å²) in [5.74, 6) is 0.309. The second kappa shape index (κ2) is 5.36. The summed E-state index contributed by atoms with van der Waals surface area (Å²) in [6.45, 7) is 2.63. The van der Waals surface area contributed by atoms with Gasteiger partial charge >= 0.3 is 0 Å². The van der Waals surface area contributed by atoms with Crippen molar-refractivity contribution >= 4 is 11.5 Å². The summed E-state index contributed by atoms with van der Waals surface area (Å²) >= 11 is 0. The van der Waals surface area contributed by atoms with Crippen LogP contribution in [0.25, 0.3) is 0 Å². The number of para-hydroxylation sites is 1. The number of rotatable bonds is 5. The number of anilines is 1. The molecule has 0 unspecified atom stereocenters. The third-order valence-electron chi connectivity index (χ3n) is 1.90. The number of hydrogen-bond acceptors (Lipinski definition) is 2. The van der Waals surface area contributed by atoms with Gasteiger partial charge in [0, 0.05) is 25.1 Å². The zero-order valence-electron chi connectivity index (χ0n) is 7.92. The standard InChI is InChI=1S/C11H15NO/c1-2-11(13)8-9-12-10-6-4-3-5-7-10/h3-7,12H,2,8-9H2,1H3. The Morgan fingerprint density at radius 2 is 2.00 bits per heavy atom. The highest BCUT2D eigenvalue weighted by Gasteiger charge is 1.96. The second-order valence-electron chi connectivity index (χ2n) is 2.94. The molecule has 0 spiro atoms. The predicted octanol–water partition coefficient (Wildman–Crippen LogP) is 2.47. The van der Waals surface area contributed by atoms with Crippen LogP contribution in [0, 0.1) is 0 Å². The van der Waals surface area contributed by atoms with Gasteiger partial charge in [-0.25, -0.2) is 0 Å². The molecule has 0 radical (unpaired) electrons. The third-order valence-corrected chi connectivity index (χ3v) is 1.90.